The fraction of sp³-hybridized carbons (Fsp3) is 0.615. The zero-order valence-corrected chi connectivity index (χ0v) is 10.6. The smallest absolute Gasteiger partial charge is 0.140 e. The van der Waals surface area contributed by atoms with Gasteiger partial charge in [0.2, 0.25) is 0 Å². The normalized spacial score (nSPS) is 20.7. The highest BCUT2D eigenvalue weighted by atomic mass is 16.5. The molecular formula is C13H21N3O. The molecule has 1 aromatic heterocycles. The van der Waals surface area contributed by atoms with Crippen LogP contribution >= 0.6 is 0 Å². The first kappa shape index (κ1) is 12.2. The van der Waals surface area contributed by atoms with Gasteiger partial charge in [0.15, 0.2) is 0 Å². The minimum absolute atomic E-state index is 0.177. The molecule has 1 saturated heterocycles. The van der Waals surface area contributed by atoms with Crippen molar-refractivity contribution >= 4 is 5.69 Å². The van der Waals surface area contributed by atoms with Crippen LogP contribution < -0.4 is 15.4 Å². The van der Waals surface area contributed by atoms with Crippen molar-refractivity contribution in [2.75, 3.05) is 18.0 Å². The molecule has 0 aromatic carbocycles. The van der Waals surface area contributed by atoms with E-state index in [4.69, 9.17) is 10.5 Å². The summed E-state index contributed by atoms with van der Waals surface area (Å²) in [6.07, 6.45) is 6.08. The van der Waals surface area contributed by atoms with Crippen molar-refractivity contribution in [3.63, 3.8) is 0 Å². The van der Waals surface area contributed by atoms with Crippen LogP contribution in [0.2, 0.25) is 0 Å². The molecular weight excluding hydrogens is 214 g/mol. The molecule has 0 aliphatic carbocycles. The number of anilines is 1. The highest BCUT2D eigenvalue weighted by molar-refractivity contribution is 5.48. The van der Waals surface area contributed by atoms with Gasteiger partial charge in [0.25, 0.3) is 0 Å². The maximum Gasteiger partial charge on any atom is 0.140 e. The monoisotopic (exact) mass is 235 g/mol. The maximum atomic E-state index is 5.99. The topological polar surface area (TPSA) is 51.4 Å². The van der Waals surface area contributed by atoms with E-state index in [1.165, 1.54) is 0 Å². The molecule has 1 aromatic rings. The van der Waals surface area contributed by atoms with Crippen molar-refractivity contribution in [1.82, 2.24) is 4.98 Å². The highest BCUT2D eigenvalue weighted by Crippen LogP contribution is 2.23. The molecule has 1 unspecified atom stereocenters. The summed E-state index contributed by atoms with van der Waals surface area (Å²) < 4.78 is 5.65. The molecule has 1 aliphatic heterocycles. The average Bonchev–Trinajstić information content (AvgIpc) is 2.28. The van der Waals surface area contributed by atoms with E-state index >= 15 is 0 Å². The fourth-order valence-corrected chi connectivity index (χ4v) is 2.16. The molecule has 1 atom stereocenters. The van der Waals surface area contributed by atoms with Gasteiger partial charge in [0.05, 0.1) is 24.2 Å². The number of pyridine rings is 1. The zero-order chi connectivity index (χ0) is 12.3. The van der Waals surface area contributed by atoms with Gasteiger partial charge in [-0.25, -0.2) is 0 Å². The average molecular weight is 235 g/mol. The fourth-order valence-electron chi connectivity index (χ4n) is 2.16. The Morgan fingerprint density at radius 1 is 1.47 bits per heavy atom. The van der Waals surface area contributed by atoms with Crippen molar-refractivity contribution in [3.8, 4) is 5.75 Å². The Bertz CT molecular complexity index is 367. The molecule has 0 spiro atoms. The number of aromatic nitrogens is 1. The first-order chi connectivity index (χ1) is 8.15. The Labute approximate surface area is 103 Å². The van der Waals surface area contributed by atoms with E-state index in [1.807, 2.05) is 26.1 Å². The second kappa shape index (κ2) is 5.36. The van der Waals surface area contributed by atoms with E-state index in [0.29, 0.717) is 0 Å². The minimum Gasteiger partial charge on any atom is -0.489 e. The molecule has 4 nitrogen and oxygen atoms in total. The summed E-state index contributed by atoms with van der Waals surface area (Å²) in [5, 5.41) is 0. The number of nitrogens with zero attached hydrogens (tertiary/aromatic N) is 2. The van der Waals surface area contributed by atoms with Crippen LogP contribution in [0.15, 0.2) is 18.5 Å². The SMILES string of the molecule is CC(C)Oc1cncc(N2CCCC(N)C2)c1. The highest BCUT2D eigenvalue weighted by Gasteiger charge is 2.17. The first-order valence-electron chi connectivity index (χ1n) is 6.27. The summed E-state index contributed by atoms with van der Waals surface area (Å²) in [4.78, 5) is 6.52. The third kappa shape index (κ3) is 3.33. The lowest BCUT2D eigenvalue weighted by Crippen LogP contribution is -2.42. The molecule has 0 radical (unpaired) electrons. The van der Waals surface area contributed by atoms with Crippen LogP contribution in [0, 0.1) is 0 Å². The summed E-state index contributed by atoms with van der Waals surface area (Å²) >= 11 is 0. The van der Waals surface area contributed by atoms with Crippen LogP contribution in [0.4, 0.5) is 5.69 Å². The Morgan fingerprint density at radius 2 is 2.29 bits per heavy atom. The third-order valence-electron chi connectivity index (χ3n) is 2.89. The number of ether oxygens (including phenoxy) is 1. The van der Waals surface area contributed by atoms with Gasteiger partial charge in [-0.05, 0) is 26.7 Å². The number of hydrogen-bond donors (Lipinski definition) is 1. The molecule has 0 bridgehead atoms. The molecule has 2 rings (SSSR count). The van der Waals surface area contributed by atoms with Crippen LogP contribution in [0.1, 0.15) is 26.7 Å². The Hall–Kier alpha value is -1.29. The lowest BCUT2D eigenvalue weighted by Gasteiger charge is -2.32. The van der Waals surface area contributed by atoms with Crippen LogP contribution in [0.5, 0.6) is 5.75 Å². The predicted octanol–water partition coefficient (Wildman–Crippen LogP) is 1.80. The summed E-state index contributed by atoms with van der Waals surface area (Å²) in [6.45, 7) is 6.00. The number of piperidine rings is 1. The summed E-state index contributed by atoms with van der Waals surface area (Å²) in [5.74, 6) is 0.830. The van der Waals surface area contributed by atoms with Crippen LogP contribution in [0.3, 0.4) is 0 Å². The predicted molar refractivity (Wildman–Crippen MR) is 69.4 cm³/mol. The van der Waals surface area contributed by atoms with Crippen LogP contribution in [-0.4, -0.2) is 30.2 Å². The van der Waals surface area contributed by atoms with E-state index in [0.717, 1.165) is 37.4 Å². The van der Waals surface area contributed by atoms with Gasteiger partial charge in [-0.1, -0.05) is 0 Å². The molecule has 17 heavy (non-hydrogen) atoms. The van der Waals surface area contributed by atoms with Gasteiger partial charge >= 0.3 is 0 Å². The van der Waals surface area contributed by atoms with Gasteiger partial charge in [-0.3, -0.25) is 4.98 Å². The van der Waals surface area contributed by atoms with Crippen molar-refractivity contribution in [2.45, 2.75) is 38.8 Å². The second-order valence-electron chi connectivity index (χ2n) is 4.89. The molecule has 0 amide bonds. The lowest BCUT2D eigenvalue weighted by atomic mass is 10.1. The second-order valence-corrected chi connectivity index (χ2v) is 4.89. The van der Waals surface area contributed by atoms with Crippen LogP contribution in [-0.2, 0) is 0 Å². The van der Waals surface area contributed by atoms with E-state index in [1.54, 1.807) is 6.20 Å². The quantitative estimate of drug-likeness (QED) is 0.868. The summed E-state index contributed by atoms with van der Waals surface area (Å²) in [7, 11) is 0. The molecule has 94 valence electrons. The van der Waals surface area contributed by atoms with Crippen LogP contribution in [0.25, 0.3) is 0 Å². The lowest BCUT2D eigenvalue weighted by molar-refractivity contribution is 0.241. The summed E-state index contributed by atoms with van der Waals surface area (Å²) in [5.41, 5.74) is 7.10. The minimum atomic E-state index is 0.177. The van der Waals surface area contributed by atoms with Gasteiger partial charge in [-0.2, -0.15) is 0 Å². The summed E-state index contributed by atoms with van der Waals surface area (Å²) in [6, 6.07) is 2.32. The van der Waals surface area contributed by atoms with Gasteiger partial charge in [0.1, 0.15) is 5.75 Å². The van der Waals surface area contributed by atoms with Gasteiger partial charge in [0, 0.05) is 25.2 Å². The third-order valence-corrected chi connectivity index (χ3v) is 2.89. The van der Waals surface area contributed by atoms with Gasteiger partial charge < -0.3 is 15.4 Å². The van der Waals surface area contributed by atoms with E-state index < -0.39 is 0 Å². The Morgan fingerprint density at radius 3 is 3.00 bits per heavy atom. The standard InChI is InChI=1S/C13H21N3O/c1-10(2)17-13-6-12(7-15-8-13)16-5-3-4-11(14)9-16/h6-8,10-11H,3-5,9,14H2,1-2H3. The Balaban J connectivity index is 2.09. The maximum absolute atomic E-state index is 5.99. The van der Waals surface area contributed by atoms with Crippen molar-refractivity contribution in [1.29, 1.82) is 0 Å². The zero-order valence-electron chi connectivity index (χ0n) is 10.6. The van der Waals surface area contributed by atoms with Crippen molar-refractivity contribution in [3.05, 3.63) is 18.5 Å². The largest absolute Gasteiger partial charge is 0.489 e. The molecule has 2 N–H and O–H groups in total. The van der Waals surface area contributed by atoms with Gasteiger partial charge in [-0.15, -0.1) is 0 Å². The molecule has 4 heteroatoms. The van der Waals surface area contributed by atoms with E-state index in [2.05, 4.69) is 9.88 Å². The van der Waals surface area contributed by atoms with Crippen molar-refractivity contribution < 1.29 is 4.74 Å². The number of nitrogens with two attached hydrogens (primary N) is 1. The van der Waals surface area contributed by atoms with E-state index in [9.17, 15) is 0 Å². The van der Waals surface area contributed by atoms with Crippen molar-refractivity contribution in [2.24, 2.45) is 5.73 Å². The number of rotatable bonds is 3. The first-order valence-corrected chi connectivity index (χ1v) is 6.27. The van der Waals surface area contributed by atoms with E-state index in [-0.39, 0.29) is 12.1 Å². The molecule has 0 saturated carbocycles. The Kier molecular flexibility index (Phi) is 3.84. The number of hydrogen-bond acceptors (Lipinski definition) is 4. The molecule has 2 heterocycles. The molecule has 1 aliphatic rings. The molecule has 1 fully saturated rings.